The van der Waals surface area contributed by atoms with Gasteiger partial charge in [0, 0.05) is 22.3 Å². The van der Waals surface area contributed by atoms with E-state index in [1.165, 1.54) is 6.08 Å². The van der Waals surface area contributed by atoms with Crippen molar-refractivity contribution in [3.8, 4) is 5.75 Å². The number of nitrogens with zero attached hydrogens (tertiary/aromatic N) is 2. The first-order valence-corrected chi connectivity index (χ1v) is 7.47. The Labute approximate surface area is 139 Å². The fourth-order valence-corrected chi connectivity index (χ4v) is 2.39. The van der Waals surface area contributed by atoms with Gasteiger partial charge in [-0.15, -0.1) is 0 Å². The molecule has 23 heavy (non-hydrogen) atoms. The number of ether oxygens (including phenoxy) is 1. The summed E-state index contributed by atoms with van der Waals surface area (Å²) in [6.45, 7) is 0. The molecule has 2 aromatic heterocycles. The second kappa shape index (κ2) is 6.21. The number of aromatic nitrogens is 3. The van der Waals surface area contributed by atoms with Gasteiger partial charge in [0.05, 0.1) is 12.6 Å². The molecule has 0 unspecified atom stereocenters. The highest BCUT2D eigenvalue weighted by Crippen LogP contribution is 2.20. The van der Waals surface area contributed by atoms with Crippen molar-refractivity contribution in [1.82, 2.24) is 15.0 Å². The molecule has 6 nitrogen and oxygen atoms in total. The number of pyridine rings is 1. The maximum Gasteiger partial charge on any atom is 0.274 e. The Morgan fingerprint density at radius 1 is 1.39 bits per heavy atom. The molecule has 116 valence electrons. The molecule has 1 aromatic carbocycles. The molecule has 0 aliphatic carbocycles. The zero-order valence-corrected chi connectivity index (χ0v) is 13.7. The third-order valence-corrected chi connectivity index (χ3v) is 3.61. The molecule has 2 N–H and O–H groups in total. The van der Waals surface area contributed by atoms with Crippen LogP contribution in [0, 0.1) is 0 Å². The molecule has 0 atom stereocenters. The average molecular weight is 374 g/mol. The van der Waals surface area contributed by atoms with Crippen molar-refractivity contribution in [3.05, 3.63) is 62.6 Å². The maximum absolute atomic E-state index is 12.1. The molecule has 0 aliphatic rings. The number of hydrogen-bond donors (Lipinski definition) is 2. The topological polar surface area (TPSA) is 88.1 Å². The maximum atomic E-state index is 12.1. The van der Waals surface area contributed by atoms with E-state index in [1.807, 2.05) is 0 Å². The lowest BCUT2D eigenvalue weighted by Crippen LogP contribution is -2.12. The van der Waals surface area contributed by atoms with Gasteiger partial charge in [0.15, 0.2) is 5.65 Å². The van der Waals surface area contributed by atoms with Gasteiger partial charge in [-0.25, -0.2) is 9.97 Å². The normalized spacial score (nSPS) is 11.7. The fourth-order valence-electron chi connectivity index (χ4n) is 2.06. The molecule has 0 radical (unpaired) electrons. The van der Waals surface area contributed by atoms with E-state index < -0.39 is 5.56 Å². The molecule has 3 aromatic rings. The molecule has 0 saturated heterocycles. The van der Waals surface area contributed by atoms with Gasteiger partial charge in [-0.1, -0.05) is 12.1 Å². The third kappa shape index (κ3) is 3.24. The molecule has 0 spiro atoms. The van der Waals surface area contributed by atoms with Gasteiger partial charge in [-0.05, 0) is 34.1 Å². The minimum atomic E-state index is -0.410. The summed E-state index contributed by atoms with van der Waals surface area (Å²) in [6.07, 6.45) is 2.89. The summed E-state index contributed by atoms with van der Waals surface area (Å²) in [5.74, 6) is 0.521. The summed E-state index contributed by atoms with van der Waals surface area (Å²) in [5.41, 5.74) is 1.09. The number of aliphatic hydroxyl groups is 1. The number of aliphatic hydroxyl groups excluding tert-OH is 1. The first kappa shape index (κ1) is 15.2. The monoisotopic (exact) mass is 373 g/mol. The van der Waals surface area contributed by atoms with Crippen LogP contribution >= 0.6 is 15.9 Å². The third-order valence-electron chi connectivity index (χ3n) is 3.18. The lowest BCUT2D eigenvalue weighted by atomic mass is 10.1. The van der Waals surface area contributed by atoms with E-state index in [0.29, 0.717) is 22.5 Å². The standard InChI is InChI=1S/C16H12BrN3O3/c1-23-11-4-2-3-9(5-11)14(21)7-13-16(22)20-12-6-10(17)8-18-15(12)19-13/h2-8,21H,1H3,(H,20,22). The Morgan fingerprint density at radius 3 is 3.00 bits per heavy atom. The summed E-state index contributed by atoms with van der Waals surface area (Å²) >= 11 is 3.28. The fraction of sp³-hybridized carbons (Fsp3) is 0.0625. The summed E-state index contributed by atoms with van der Waals surface area (Å²) < 4.78 is 5.85. The Kier molecular flexibility index (Phi) is 4.12. The van der Waals surface area contributed by atoms with E-state index in [0.717, 1.165) is 4.47 Å². The van der Waals surface area contributed by atoms with Gasteiger partial charge in [0.1, 0.15) is 17.2 Å². The quantitative estimate of drug-likeness (QED) is 0.688. The van der Waals surface area contributed by atoms with Crippen molar-refractivity contribution < 1.29 is 9.84 Å². The molecule has 0 saturated carbocycles. The predicted octanol–water partition coefficient (Wildman–Crippen LogP) is 3.15. The summed E-state index contributed by atoms with van der Waals surface area (Å²) in [6, 6.07) is 8.59. The van der Waals surface area contributed by atoms with E-state index in [-0.39, 0.29) is 11.5 Å². The summed E-state index contributed by atoms with van der Waals surface area (Å²) in [5, 5.41) is 10.2. The Balaban J connectivity index is 2.07. The van der Waals surface area contributed by atoms with Crippen molar-refractivity contribution in [3.63, 3.8) is 0 Å². The van der Waals surface area contributed by atoms with Crippen LogP contribution < -0.4 is 10.3 Å². The van der Waals surface area contributed by atoms with E-state index in [9.17, 15) is 9.90 Å². The predicted molar refractivity (Wildman–Crippen MR) is 91.4 cm³/mol. The zero-order valence-electron chi connectivity index (χ0n) is 12.1. The number of hydrogen-bond acceptors (Lipinski definition) is 5. The highest BCUT2D eigenvalue weighted by molar-refractivity contribution is 9.10. The van der Waals surface area contributed by atoms with Crippen LogP contribution in [-0.4, -0.2) is 27.2 Å². The van der Waals surface area contributed by atoms with Gasteiger partial charge < -0.3 is 14.8 Å². The van der Waals surface area contributed by atoms with E-state index in [4.69, 9.17) is 4.74 Å². The second-order valence-corrected chi connectivity index (χ2v) is 5.65. The van der Waals surface area contributed by atoms with Crippen LogP contribution in [0.2, 0.25) is 0 Å². The van der Waals surface area contributed by atoms with Crippen LogP contribution in [0.15, 0.2) is 45.8 Å². The van der Waals surface area contributed by atoms with Crippen LogP contribution in [0.25, 0.3) is 23.0 Å². The molecule has 0 fully saturated rings. The number of aromatic amines is 1. The Morgan fingerprint density at radius 2 is 2.22 bits per heavy atom. The molecule has 2 heterocycles. The van der Waals surface area contributed by atoms with Crippen LogP contribution in [0.5, 0.6) is 5.75 Å². The number of benzene rings is 1. The van der Waals surface area contributed by atoms with Crippen LogP contribution in [0.1, 0.15) is 11.3 Å². The smallest absolute Gasteiger partial charge is 0.274 e. The van der Waals surface area contributed by atoms with Crippen molar-refractivity contribution in [2.75, 3.05) is 7.11 Å². The minimum absolute atomic E-state index is 0.0765. The molecule has 7 heteroatoms. The van der Waals surface area contributed by atoms with Gasteiger partial charge >= 0.3 is 0 Å². The first-order valence-electron chi connectivity index (χ1n) is 6.67. The van der Waals surface area contributed by atoms with Crippen molar-refractivity contribution in [2.24, 2.45) is 0 Å². The van der Waals surface area contributed by atoms with Crippen LogP contribution in [-0.2, 0) is 0 Å². The minimum Gasteiger partial charge on any atom is -0.507 e. The van der Waals surface area contributed by atoms with Crippen molar-refractivity contribution in [2.45, 2.75) is 0 Å². The van der Waals surface area contributed by atoms with Crippen LogP contribution in [0.3, 0.4) is 0 Å². The van der Waals surface area contributed by atoms with Gasteiger partial charge in [0.2, 0.25) is 0 Å². The molecular formula is C16H12BrN3O3. The average Bonchev–Trinajstić information content (AvgIpc) is 2.55. The SMILES string of the molecule is COc1cccc(C(O)=Cc2nc3ncc(Br)cc3[nH]c2=O)c1. The number of rotatable bonds is 3. The number of H-pyrrole nitrogens is 1. The van der Waals surface area contributed by atoms with Gasteiger partial charge in [0.25, 0.3) is 5.56 Å². The second-order valence-electron chi connectivity index (χ2n) is 4.74. The molecule has 0 bridgehead atoms. The number of methoxy groups -OCH3 is 1. The zero-order chi connectivity index (χ0) is 16.4. The molecule has 3 rings (SSSR count). The highest BCUT2D eigenvalue weighted by atomic mass is 79.9. The van der Waals surface area contributed by atoms with E-state index in [1.54, 1.807) is 43.6 Å². The lowest BCUT2D eigenvalue weighted by Gasteiger charge is -2.04. The molecule has 0 amide bonds. The van der Waals surface area contributed by atoms with Gasteiger partial charge in [-0.2, -0.15) is 0 Å². The van der Waals surface area contributed by atoms with E-state index >= 15 is 0 Å². The first-order chi connectivity index (χ1) is 11.1. The van der Waals surface area contributed by atoms with Gasteiger partial charge in [-0.3, -0.25) is 4.79 Å². The number of halogens is 1. The summed E-state index contributed by atoms with van der Waals surface area (Å²) in [7, 11) is 1.54. The molecular weight excluding hydrogens is 362 g/mol. The number of nitrogens with one attached hydrogen (secondary N) is 1. The van der Waals surface area contributed by atoms with Crippen LogP contribution in [0.4, 0.5) is 0 Å². The largest absolute Gasteiger partial charge is 0.507 e. The lowest BCUT2D eigenvalue weighted by molar-refractivity contribution is 0.414. The summed E-state index contributed by atoms with van der Waals surface area (Å²) in [4.78, 5) is 23.1. The number of fused-ring (bicyclic) bond motifs is 1. The Bertz CT molecular complexity index is 966. The van der Waals surface area contributed by atoms with E-state index in [2.05, 4.69) is 30.9 Å². The van der Waals surface area contributed by atoms with Crippen molar-refractivity contribution in [1.29, 1.82) is 0 Å². The Hall–Kier alpha value is -2.67. The highest BCUT2D eigenvalue weighted by Gasteiger charge is 2.07. The molecule has 0 aliphatic heterocycles. The van der Waals surface area contributed by atoms with Crippen molar-refractivity contribution >= 4 is 38.9 Å².